The topological polar surface area (TPSA) is 41.1 Å². The van der Waals surface area contributed by atoms with Crippen LogP contribution in [0.4, 0.5) is 18.9 Å². The van der Waals surface area contributed by atoms with Crippen LogP contribution in [0.15, 0.2) is 18.2 Å². The molecule has 2 N–H and O–H groups in total. The number of hydrogen-bond acceptors (Lipinski definition) is 2. The van der Waals surface area contributed by atoms with Crippen molar-refractivity contribution in [2.24, 2.45) is 5.92 Å². The summed E-state index contributed by atoms with van der Waals surface area (Å²) >= 11 is 0. The first-order valence-corrected chi connectivity index (χ1v) is 7.02. The fourth-order valence-corrected chi connectivity index (χ4v) is 1.78. The van der Waals surface area contributed by atoms with Gasteiger partial charge in [0.15, 0.2) is 0 Å². The van der Waals surface area contributed by atoms with Crippen molar-refractivity contribution in [1.82, 2.24) is 5.32 Å². The molecule has 0 aliphatic carbocycles. The normalized spacial score (nSPS) is 12.9. The number of benzene rings is 1. The van der Waals surface area contributed by atoms with Crippen LogP contribution in [-0.2, 0) is 6.18 Å². The van der Waals surface area contributed by atoms with E-state index in [1.165, 1.54) is 12.1 Å². The molecule has 1 aromatic carbocycles. The van der Waals surface area contributed by atoms with Gasteiger partial charge in [0.1, 0.15) is 0 Å². The summed E-state index contributed by atoms with van der Waals surface area (Å²) in [5.74, 6) is -0.194. The molecule has 0 spiro atoms. The third kappa shape index (κ3) is 4.95. The number of halogens is 3. The monoisotopic (exact) mass is 302 g/mol. The lowest BCUT2D eigenvalue weighted by Crippen LogP contribution is -2.28. The first-order valence-electron chi connectivity index (χ1n) is 7.02. The zero-order valence-electron chi connectivity index (χ0n) is 12.5. The third-order valence-corrected chi connectivity index (χ3v) is 3.26. The van der Waals surface area contributed by atoms with Crippen LogP contribution in [0.25, 0.3) is 0 Å². The molecule has 3 nitrogen and oxygen atoms in total. The van der Waals surface area contributed by atoms with Crippen LogP contribution in [0.1, 0.15) is 43.1 Å². The number of carbonyl (C=O) groups is 1. The van der Waals surface area contributed by atoms with Crippen molar-refractivity contribution in [2.75, 3.05) is 18.4 Å². The zero-order valence-corrected chi connectivity index (χ0v) is 12.5. The molecule has 0 radical (unpaired) electrons. The van der Waals surface area contributed by atoms with Gasteiger partial charge < -0.3 is 10.6 Å². The first kappa shape index (κ1) is 17.3. The molecular weight excluding hydrogens is 281 g/mol. The zero-order chi connectivity index (χ0) is 16.0. The number of alkyl halides is 3. The lowest BCUT2D eigenvalue weighted by atomic mass is 10.1. The molecule has 0 fully saturated rings. The van der Waals surface area contributed by atoms with Gasteiger partial charge in [0, 0.05) is 24.3 Å². The molecule has 0 heterocycles. The number of rotatable bonds is 6. The number of nitrogens with one attached hydrogen (secondary N) is 2. The highest BCUT2D eigenvalue weighted by Crippen LogP contribution is 2.35. The second kappa shape index (κ2) is 7.33. The maximum absolute atomic E-state index is 13.0. The molecule has 1 atom stereocenters. The van der Waals surface area contributed by atoms with Crippen molar-refractivity contribution in [3.8, 4) is 0 Å². The lowest BCUT2D eigenvalue weighted by Gasteiger charge is -2.16. The summed E-state index contributed by atoms with van der Waals surface area (Å²) < 4.78 is 39.0. The summed E-state index contributed by atoms with van der Waals surface area (Å²) in [4.78, 5) is 11.9. The van der Waals surface area contributed by atoms with Crippen molar-refractivity contribution >= 4 is 11.6 Å². The molecule has 118 valence electrons. The maximum atomic E-state index is 13.0. The van der Waals surface area contributed by atoms with Crippen LogP contribution >= 0.6 is 0 Å². The average Bonchev–Trinajstić information content (AvgIpc) is 2.43. The molecule has 21 heavy (non-hydrogen) atoms. The van der Waals surface area contributed by atoms with E-state index in [9.17, 15) is 18.0 Å². The Morgan fingerprint density at radius 3 is 2.48 bits per heavy atom. The summed E-state index contributed by atoms with van der Waals surface area (Å²) in [6, 6.07) is 3.59. The molecule has 6 heteroatoms. The summed E-state index contributed by atoms with van der Waals surface area (Å²) in [6.45, 7) is 6.50. The fraction of sp³-hybridized carbons (Fsp3) is 0.533. The molecule has 0 bridgehead atoms. The molecular formula is C15H21F3N2O. The quantitative estimate of drug-likeness (QED) is 0.836. The highest BCUT2D eigenvalue weighted by molar-refractivity contribution is 5.95. The Morgan fingerprint density at radius 1 is 1.29 bits per heavy atom. The number of carbonyl (C=O) groups excluding carboxylic acids is 1. The third-order valence-electron chi connectivity index (χ3n) is 3.26. The molecule has 1 amide bonds. The summed E-state index contributed by atoms with van der Waals surface area (Å²) in [5.41, 5.74) is -0.809. The van der Waals surface area contributed by atoms with E-state index < -0.39 is 17.6 Å². The van der Waals surface area contributed by atoms with E-state index in [-0.39, 0.29) is 17.2 Å². The Kier molecular flexibility index (Phi) is 6.05. The summed E-state index contributed by atoms with van der Waals surface area (Å²) in [6.07, 6.45) is -3.60. The maximum Gasteiger partial charge on any atom is 0.418 e. The molecule has 1 aromatic rings. The minimum atomic E-state index is -4.50. The van der Waals surface area contributed by atoms with Crippen LogP contribution in [0, 0.1) is 5.92 Å². The molecule has 0 aliphatic heterocycles. The fourth-order valence-electron chi connectivity index (χ4n) is 1.78. The average molecular weight is 302 g/mol. The minimum Gasteiger partial charge on any atom is -0.385 e. The van der Waals surface area contributed by atoms with Gasteiger partial charge in [-0.3, -0.25) is 4.79 Å². The number of amides is 1. The summed E-state index contributed by atoms with van der Waals surface area (Å²) in [7, 11) is 0. The van der Waals surface area contributed by atoms with Crippen LogP contribution in [0.3, 0.4) is 0 Å². The number of anilines is 1. The van der Waals surface area contributed by atoms with E-state index in [2.05, 4.69) is 10.6 Å². The standard InChI is InChI=1S/C15H21F3N2O/c1-4-10(3)9-20-14(21)11-6-7-13(19-5-2)12(8-11)15(16,17)18/h6-8,10,19H,4-5,9H2,1-3H3,(H,20,21). The molecule has 0 aliphatic rings. The SMILES string of the molecule is CCNc1ccc(C(=O)NCC(C)CC)cc1C(F)(F)F. The van der Waals surface area contributed by atoms with Gasteiger partial charge in [0.05, 0.1) is 5.56 Å². The number of hydrogen-bond donors (Lipinski definition) is 2. The first-order chi connectivity index (χ1) is 9.79. The molecule has 0 saturated heterocycles. The van der Waals surface area contributed by atoms with E-state index in [4.69, 9.17) is 0 Å². The smallest absolute Gasteiger partial charge is 0.385 e. The highest BCUT2D eigenvalue weighted by atomic mass is 19.4. The van der Waals surface area contributed by atoms with Gasteiger partial charge >= 0.3 is 6.18 Å². The van der Waals surface area contributed by atoms with Gasteiger partial charge in [0.25, 0.3) is 5.91 Å². The second-order valence-electron chi connectivity index (χ2n) is 5.01. The largest absolute Gasteiger partial charge is 0.418 e. The predicted molar refractivity (Wildman–Crippen MR) is 77.4 cm³/mol. The van der Waals surface area contributed by atoms with Gasteiger partial charge in [0.2, 0.25) is 0 Å². The van der Waals surface area contributed by atoms with Crippen molar-refractivity contribution in [2.45, 2.75) is 33.4 Å². The Balaban J connectivity index is 2.97. The van der Waals surface area contributed by atoms with Gasteiger partial charge in [-0.2, -0.15) is 13.2 Å². The van der Waals surface area contributed by atoms with Crippen LogP contribution in [0.2, 0.25) is 0 Å². The van der Waals surface area contributed by atoms with Gasteiger partial charge in [-0.1, -0.05) is 20.3 Å². The molecule has 1 unspecified atom stereocenters. The van der Waals surface area contributed by atoms with E-state index in [0.717, 1.165) is 12.5 Å². The van der Waals surface area contributed by atoms with Gasteiger partial charge in [-0.15, -0.1) is 0 Å². The Labute approximate surface area is 122 Å². The Hall–Kier alpha value is -1.72. The van der Waals surface area contributed by atoms with E-state index in [1.807, 2.05) is 13.8 Å². The van der Waals surface area contributed by atoms with Crippen molar-refractivity contribution < 1.29 is 18.0 Å². The molecule has 0 saturated carbocycles. The molecule has 1 rings (SSSR count). The van der Waals surface area contributed by atoms with Crippen molar-refractivity contribution in [3.63, 3.8) is 0 Å². The summed E-state index contributed by atoms with van der Waals surface area (Å²) in [5, 5.41) is 5.31. The van der Waals surface area contributed by atoms with Crippen LogP contribution in [0.5, 0.6) is 0 Å². The van der Waals surface area contributed by atoms with E-state index in [1.54, 1.807) is 6.92 Å². The van der Waals surface area contributed by atoms with Crippen LogP contribution in [-0.4, -0.2) is 19.0 Å². The van der Waals surface area contributed by atoms with Crippen molar-refractivity contribution in [3.05, 3.63) is 29.3 Å². The second-order valence-corrected chi connectivity index (χ2v) is 5.01. The predicted octanol–water partition coefficient (Wildman–Crippen LogP) is 3.91. The Morgan fingerprint density at radius 2 is 1.95 bits per heavy atom. The van der Waals surface area contributed by atoms with Crippen molar-refractivity contribution in [1.29, 1.82) is 0 Å². The highest BCUT2D eigenvalue weighted by Gasteiger charge is 2.34. The lowest BCUT2D eigenvalue weighted by molar-refractivity contribution is -0.137. The van der Waals surface area contributed by atoms with Crippen LogP contribution < -0.4 is 10.6 Å². The Bertz CT molecular complexity index is 486. The van der Waals surface area contributed by atoms with Gasteiger partial charge in [-0.05, 0) is 31.0 Å². The minimum absolute atomic E-state index is 0.0107. The van der Waals surface area contributed by atoms with E-state index in [0.29, 0.717) is 13.1 Å². The molecule has 0 aromatic heterocycles. The van der Waals surface area contributed by atoms with E-state index >= 15 is 0 Å². The van der Waals surface area contributed by atoms with Gasteiger partial charge in [-0.25, -0.2) is 0 Å².